The Labute approximate surface area is 119 Å². The van der Waals surface area contributed by atoms with Crippen LogP contribution in [0.5, 0.6) is 0 Å². The van der Waals surface area contributed by atoms with Crippen LogP contribution in [0.2, 0.25) is 0 Å². The highest BCUT2D eigenvalue weighted by Crippen LogP contribution is 2.29. The lowest BCUT2D eigenvalue weighted by molar-refractivity contribution is -0.228. The third kappa shape index (κ3) is 4.25. The summed E-state index contributed by atoms with van der Waals surface area (Å²) < 4.78 is 15.4. The molecular formula is C10H14N6O5. The van der Waals surface area contributed by atoms with Crippen LogP contribution in [0.3, 0.4) is 0 Å². The summed E-state index contributed by atoms with van der Waals surface area (Å²) in [5.74, 6) is -1.32. The minimum absolute atomic E-state index is 0.658. The van der Waals surface area contributed by atoms with Gasteiger partial charge in [0.05, 0.1) is 6.10 Å². The molecule has 1 aliphatic rings. The molecule has 0 radical (unpaired) electrons. The zero-order valence-corrected chi connectivity index (χ0v) is 11.6. The summed E-state index contributed by atoms with van der Waals surface area (Å²) in [5, 5.41) is 6.94. The number of nitrogens with zero attached hydrogens (tertiary/aromatic N) is 6. The first kappa shape index (κ1) is 16.6. The van der Waals surface area contributed by atoms with Crippen molar-refractivity contribution in [3.05, 3.63) is 20.9 Å². The lowest BCUT2D eigenvalue weighted by Gasteiger charge is -2.40. The van der Waals surface area contributed by atoms with Gasteiger partial charge in [-0.15, -0.1) is 0 Å². The topological polar surface area (TPSA) is 159 Å². The van der Waals surface area contributed by atoms with Gasteiger partial charge < -0.3 is 14.2 Å². The number of esters is 2. The summed E-state index contributed by atoms with van der Waals surface area (Å²) in [6.45, 7) is 3.86. The maximum atomic E-state index is 11.2. The number of rotatable bonds is 4. The SMILES string of the molecule is CC(=O)O[C@H]1O[C@@H](C)[C@@H](N=[N+]=[N-])[C@H](OC(C)=O)[C@@H]1N=[N+]=[N-]. The molecule has 0 spiro atoms. The molecule has 11 nitrogen and oxygen atoms in total. The Kier molecular flexibility index (Phi) is 5.79. The molecule has 1 rings (SSSR count). The summed E-state index contributed by atoms with van der Waals surface area (Å²) in [6.07, 6.45) is -3.04. The van der Waals surface area contributed by atoms with E-state index in [2.05, 4.69) is 20.1 Å². The molecule has 0 aromatic rings. The van der Waals surface area contributed by atoms with E-state index in [1.807, 2.05) is 0 Å². The normalized spacial score (nSPS) is 31.3. The Morgan fingerprint density at radius 1 is 1.05 bits per heavy atom. The van der Waals surface area contributed by atoms with Crippen molar-refractivity contribution >= 4 is 11.9 Å². The van der Waals surface area contributed by atoms with Crippen molar-refractivity contribution in [2.45, 2.75) is 51.4 Å². The van der Waals surface area contributed by atoms with Crippen LogP contribution in [0.4, 0.5) is 0 Å². The van der Waals surface area contributed by atoms with Crippen LogP contribution in [0, 0.1) is 0 Å². The molecule has 1 heterocycles. The largest absolute Gasteiger partial charge is 0.461 e. The predicted octanol–water partition coefficient (Wildman–Crippen LogP) is 1.58. The third-order valence-corrected chi connectivity index (χ3v) is 2.74. The molecule has 1 fully saturated rings. The van der Waals surface area contributed by atoms with Gasteiger partial charge in [-0.25, -0.2) is 0 Å². The third-order valence-electron chi connectivity index (χ3n) is 2.74. The zero-order chi connectivity index (χ0) is 16.0. The Morgan fingerprint density at radius 2 is 1.57 bits per heavy atom. The maximum absolute atomic E-state index is 11.2. The molecule has 0 N–H and O–H groups in total. The molecule has 11 heteroatoms. The van der Waals surface area contributed by atoms with E-state index < -0.39 is 42.5 Å². The van der Waals surface area contributed by atoms with E-state index in [9.17, 15) is 9.59 Å². The molecule has 5 atom stereocenters. The van der Waals surface area contributed by atoms with E-state index in [4.69, 9.17) is 25.3 Å². The van der Waals surface area contributed by atoms with E-state index in [-0.39, 0.29) is 0 Å². The van der Waals surface area contributed by atoms with Crippen LogP contribution in [0.25, 0.3) is 20.9 Å². The molecule has 0 aromatic carbocycles. The van der Waals surface area contributed by atoms with Crippen molar-refractivity contribution in [1.29, 1.82) is 0 Å². The molecule has 0 bridgehead atoms. The van der Waals surface area contributed by atoms with Gasteiger partial charge in [-0.3, -0.25) is 9.59 Å². The van der Waals surface area contributed by atoms with Crippen molar-refractivity contribution < 1.29 is 23.8 Å². The Hall–Kier alpha value is -2.48. The molecule has 0 aliphatic carbocycles. The standard InChI is InChI=1S/C10H14N6O5/c1-4-7(13-15-11)9(20-5(2)17)8(14-16-12)10(19-4)21-6(3)18/h4,7-10H,1-3H3/t4-,7+,8-,9-,10+/m0/s1. The van der Waals surface area contributed by atoms with Crippen molar-refractivity contribution in [2.75, 3.05) is 0 Å². The summed E-state index contributed by atoms with van der Waals surface area (Å²) >= 11 is 0. The fourth-order valence-corrected chi connectivity index (χ4v) is 1.99. The number of ether oxygens (including phenoxy) is 3. The number of carbonyl (C=O) groups is 2. The van der Waals surface area contributed by atoms with Gasteiger partial charge in [0.25, 0.3) is 0 Å². The Bertz CT molecular complexity index is 512. The average Bonchev–Trinajstić information content (AvgIpc) is 2.37. The summed E-state index contributed by atoms with van der Waals surface area (Å²) in [4.78, 5) is 27.6. The summed E-state index contributed by atoms with van der Waals surface area (Å²) in [5.41, 5.74) is 17.2. The number of carbonyl (C=O) groups excluding carboxylic acids is 2. The van der Waals surface area contributed by atoms with Gasteiger partial charge in [0.1, 0.15) is 18.2 Å². The molecule has 0 unspecified atom stereocenters. The highest BCUT2D eigenvalue weighted by Gasteiger charge is 2.47. The first-order chi connectivity index (χ1) is 9.90. The van der Waals surface area contributed by atoms with Crippen molar-refractivity contribution in [2.24, 2.45) is 10.2 Å². The summed E-state index contributed by atoms with van der Waals surface area (Å²) in [6, 6.07) is -2.07. The molecule has 1 aliphatic heterocycles. The van der Waals surface area contributed by atoms with E-state index in [0.29, 0.717) is 0 Å². The summed E-state index contributed by atoms with van der Waals surface area (Å²) in [7, 11) is 0. The second-order valence-corrected chi connectivity index (χ2v) is 4.28. The molecule has 0 amide bonds. The van der Waals surface area contributed by atoms with E-state index in [1.54, 1.807) is 6.92 Å². The fourth-order valence-electron chi connectivity index (χ4n) is 1.99. The average molecular weight is 298 g/mol. The van der Waals surface area contributed by atoms with Gasteiger partial charge in [0, 0.05) is 23.7 Å². The van der Waals surface area contributed by atoms with Gasteiger partial charge >= 0.3 is 11.9 Å². The molecule has 0 saturated carbocycles. The molecule has 0 aromatic heterocycles. The zero-order valence-electron chi connectivity index (χ0n) is 11.6. The first-order valence-electron chi connectivity index (χ1n) is 5.99. The van der Waals surface area contributed by atoms with Crippen molar-refractivity contribution in [1.82, 2.24) is 0 Å². The van der Waals surface area contributed by atoms with E-state index in [1.165, 1.54) is 0 Å². The van der Waals surface area contributed by atoms with Crippen LogP contribution in [-0.4, -0.2) is 42.5 Å². The quantitative estimate of drug-likeness (QED) is 0.333. The van der Waals surface area contributed by atoms with Gasteiger partial charge in [0.2, 0.25) is 6.29 Å². The number of azide groups is 2. The second kappa shape index (κ2) is 7.34. The highest BCUT2D eigenvalue weighted by molar-refractivity contribution is 5.67. The molecule has 1 saturated heterocycles. The van der Waals surface area contributed by atoms with Gasteiger partial charge in [0.15, 0.2) is 0 Å². The van der Waals surface area contributed by atoms with E-state index in [0.717, 1.165) is 13.8 Å². The minimum atomic E-state index is -1.23. The molecule has 21 heavy (non-hydrogen) atoms. The van der Waals surface area contributed by atoms with Crippen LogP contribution < -0.4 is 0 Å². The first-order valence-corrected chi connectivity index (χ1v) is 5.99. The van der Waals surface area contributed by atoms with Gasteiger partial charge in [-0.1, -0.05) is 10.2 Å². The van der Waals surface area contributed by atoms with Crippen molar-refractivity contribution in [3.63, 3.8) is 0 Å². The van der Waals surface area contributed by atoms with Gasteiger partial charge in [-0.05, 0) is 18.0 Å². The lowest BCUT2D eigenvalue weighted by Crippen LogP contribution is -2.57. The lowest BCUT2D eigenvalue weighted by atomic mass is 9.96. The molecule has 114 valence electrons. The maximum Gasteiger partial charge on any atom is 0.304 e. The van der Waals surface area contributed by atoms with Crippen LogP contribution in [0.15, 0.2) is 10.2 Å². The smallest absolute Gasteiger partial charge is 0.304 e. The van der Waals surface area contributed by atoms with Crippen LogP contribution in [-0.2, 0) is 23.8 Å². The van der Waals surface area contributed by atoms with Crippen LogP contribution >= 0.6 is 0 Å². The number of hydrogen-bond acceptors (Lipinski definition) is 7. The highest BCUT2D eigenvalue weighted by atomic mass is 16.7. The Balaban J connectivity index is 3.18. The second-order valence-electron chi connectivity index (χ2n) is 4.28. The Morgan fingerprint density at radius 3 is 2.05 bits per heavy atom. The van der Waals surface area contributed by atoms with Crippen LogP contribution in [0.1, 0.15) is 20.8 Å². The monoisotopic (exact) mass is 298 g/mol. The van der Waals surface area contributed by atoms with Crippen molar-refractivity contribution in [3.8, 4) is 0 Å². The predicted molar refractivity (Wildman–Crippen MR) is 67.5 cm³/mol. The minimum Gasteiger partial charge on any atom is -0.461 e. The fraction of sp³-hybridized carbons (Fsp3) is 0.800. The number of hydrogen-bond donors (Lipinski definition) is 0. The van der Waals surface area contributed by atoms with Gasteiger partial charge in [-0.2, -0.15) is 0 Å². The van der Waals surface area contributed by atoms with E-state index >= 15 is 0 Å². The molecular weight excluding hydrogens is 284 g/mol.